The molecule has 2 aromatic rings. The van der Waals surface area contributed by atoms with E-state index in [1.165, 1.54) is 4.31 Å². The van der Waals surface area contributed by atoms with Crippen molar-refractivity contribution in [3.8, 4) is 0 Å². The number of piperidine rings is 1. The summed E-state index contributed by atoms with van der Waals surface area (Å²) in [7, 11) is -3.57. The van der Waals surface area contributed by atoms with Crippen LogP contribution >= 0.6 is 23.2 Å². The van der Waals surface area contributed by atoms with Gasteiger partial charge in [-0.15, -0.1) is 0 Å². The minimum Gasteiger partial charge on any atom is -0.350 e. The molecule has 10 heteroatoms. The number of sulfonamides is 1. The SMILES string of the molecule is C[C@H](NC(=O)C1CCN(S(=O)(=O)c2ccccc2)CC1)C(=O)NCc1ccc(Cl)cc1Cl. The smallest absolute Gasteiger partial charge is 0.243 e. The van der Waals surface area contributed by atoms with Crippen LogP contribution in [0.5, 0.6) is 0 Å². The van der Waals surface area contributed by atoms with Crippen LogP contribution in [0.25, 0.3) is 0 Å². The first-order valence-corrected chi connectivity index (χ1v) is 12.5. The van der Waals surface area contributed by atoms with E-state index in [1.54, 1.807) is 55.5 Å². The molecule has 0 spiro atoms. The molecule has 1 aliphatic heterocycles. The highest BCUT2D eigenvalue weighted by Gasteiger charge is 2.32. The third-order valence-corrected chi connectivity index (χ3v) is 7.93. The van der Waals surface area contributed by atoms with Crippen molar-refractivity contribution in [2.45, 2.75) is 37.2 Å². The van der Waals surface area contributed by atoms with Crippen molar-refractivity contribution in [1.29, 1.82) is 0 Å². The van der Waals surface area contributed by atoms with Gasteiger partial charge >= 0.3 is 0 Å². The second-order valence-corrected chi connectivity index (χ2v) is 10.5. The van der Waals surface area contributed by atoms with Crippen molar-refractivity contribution in [3.63, 3.8) is 0 Å². The van der Waals surface area contributed by atoms with E-state index in [0.717, 1.165) is 5.56 Å². The average molecular weight is 498 g/mol. The van der Waals surface area contributed by atoms with E-state index in [-0.39, 0.29) is 42.3 Å². The van der Waals surface area contributed by atoms with Crippen LogP contribution < -0.4 is 10.6 Å². The molecular weight excluding hydrogens is 473 g/mol. The zero-order chi connectivity index (χ0) is 23.3. The minimum absolute atomic E-state index is 0.213. The molecule has 0 aliphatic carbocycles. The highest BCUT2D eigenvalue weighted by Crippen LogP contribution is 2.24. The monoisotopic (exact) mass is 497 g/mol. The first kappa shape index (κ1) is 24.5. The lowest BCUT2D eigenvalue weighted by molar-refractivity contribution is -0.131. The molecule has 7 nitrogen and oxygen atoms in total. The number of hydrogen-bond donors (Lipinski definition) is 2. The summed E-state index contributed by atoms with van der Waals surface area (Å²) in [6.07, 6.45) is 0.791. The Balaban J connectivity index is 1.48. The Morgan fingerprint density at radius 2 is 1.75 bits per heavy atom. The fraction of sp³-hybridized carbons (Fsp3) is 0.364. The van der Waals surface area contributed by atoms with Crippen LogP contribution in [0.1, 0.15) is 25.3 Å². The first-order chi connectivity index (χ1) is 15.2. The lowest BCUT2D eigenvalue weighted by atomic mass is 9.97. The highest BCUT2D eigenvalue weighted by molar-refractivity contribution is 7.89. The summed E-state index contributed by atoms with van der Waals surface area (Å²) in [6, 6.07) is 12.5. The predicted octanol–water partition coefficient (Wildman–Crippen LogP) is 3.22. The number of carbonyl (C=O) groups excluding carboxylic acids is 2. The molecule has 1 heterocycles. The molecule has 0 saturated carbocycles. The van der Waals surface area contributed by atoms with Gasteiger partial charge in [0.05, 0.1) is 4.90 Å². The fourth-order valence-electron chi connectivity index (χ4n) is 3.50. The topological polar surface area (TPSA) is 95.6 Å². The largest absolute Gasteiger partial charge is 0.350 e. The molecule has 1 aliphatic rings. The molecule has 1 saturated heterocycles. The average Bonchev–Trinajstić information content (AvgIpc) is 2.79. The summed E-state index contributed by atoms with van der Waals surface area (Å²) in [6.45, 7) is 2.33. The van der Waals surface area contributed by atoms with E-state index in [2.05, 4.69) is 10.6 Å². The van der Waals surface area contributed by atoms with Crippen LogP contribution in [0.4, 0.5) is 0 Å². The molecule has 0 unspecified atom stereocenters. The summed E-state index contributed by atoms with van der Waals surface area (Å²) >= 11 is 12.0. The van der Waals surface area contributed by atoms with Gasteiger partial charge in [-0.25, -0.2) is 8.42 Å². The van der Waals surface area contributed by atoms with Crippen LogP contribution in [0.3, 0.4) is 0 Å². The number of nitrogens with one attached hydrogen (secondary N) is 2. The summed E-state index contributed by atoms with van der Waals surface area (Å²) in [5.41, 5.74) is 0.718. The summed E-state index contributed by atoms with van der Waals surface area (Å²) in [5.74, 6) is -0.944. The Morgan fingerprint density at radius 3 is 2.38 bits per heavy atom. The molecule has 1 atom stereocenters. The van der Waals surface area contributed by atoms with E-state index < -0.39 is 16.1 Å². The van der Waals surface area contributed by atoms with Crippen LogP contribution in [0.15, 0.2) is 53.4 Å². The summed E-state index contributed by atoms with van der Waals surface area (Å²) in [4.78, 5) is 25.2. The Hall–Kier alpha value is -2.13. The molecule has 0 bridgehead atoms. The summed E-state index contributed by atoms with van der Waals surface area (Å²) in [5, 5.41) is 6.42. The van der Waals surface area contributed by atoms with Crippen LogP contribution in [-0.4, -0.2) is 43.7 Å². The van der Waals surface area contributed by atoms with E-state index in [9.17, 15) is 18.0 Å². The van der Waals surface area contributed by atoms with Gasteiger partial charge in [0.25, 0.3) is 0 Å². The van der Waals surface area contributed by atoms with Gasteiger partial charge in [-0.05, 0) is 49.6 Å². The Morgan fingerprint density at radius 1 is 1.09 bits per heavy atom. The molecule has 32 heavy (non-hydrogen) atoms. The molecule has 0 aromatic heterocycles. The molecule has 1 fully saturated rings. The zero-order valence-corrected chi connectivity index (χ0v) is 19.9. The van der Waals surface area contributed by atoms with Crippen LogP contribution in [-0.2, 0) is 26.2 Å². The number of halogens is 2. The number of amides is 2. The van der Waals surface area contributed by atoms with Crippen LogP contribution in [0.2, 0.25) is 10.0 Å². The van der Waals surface area contributed by atoms with E-state index in [4.69, 9.17) is 23.2 Å². The normalized spacial score (nSPS) is 16.3. The molecule has 2 amide bonds. The van der Waals surface area contributed by atoms with Gasteiger partial charge in [-0.1, -0.05) is 47.5 Å². The number of benzene rings is 2. The molecule has 172 valence electrons. The van der Waals surface area contributed by atoms with Gasteiger partial charge in [0.2, 0.25) is 21.8 Å². The van der Waals surface area contributed by atoms with Gasteiger partial charge in [0, 0.05) is 35.6 Å². The van der Waals surface area contributed by atoms with Crippen molar-refractivity contribution < 1.29 is 18.0 Å². The van der Waals surface area contributed by atoms with Crippen molar-refractivity contribution in [2.24, 2.45) is 5.92 Å². The predicted molar refractivity (Wildman–Crippen MR) is 124 cm³/mol. The number of carbonyl (C=O) groups is 2. The lowest BCUT2D eigenvalue weighted by Crippen LogP contribution is -2.49. The maximum absolute atomic E-state index is 12.7. The van der Waals surface area contributed by atoms with Crippen molar-refractivity contribution in [2.75, 3.05) is 13.1 Å². The van der Waals surface area contributed by atoms with Gasteiger partial charge in [-0.2, -0.15) is 4.31 Å². The first-order valence-electron chi connectivity index (χ1n) is 10.3. The fourth-order valence-corrected chi connectivity index (χ4v) is 5.46. The van der Waals surface area contributed by atoms with E-state index in [1.807, 2.05) is 0 Å². The summed E-state index contributed by atoms with van der Waals surface area (Å²) < 4.78 is 26.8. The molecule has 2 aromatic carbocycles. The molecule has 2 N–H and O–H groups in total. The van der Waals surface area contributed by atoms with Crippen LogP contribution in [0, 0.1) is 5.92 Å². The maximum Gasteiger partial charge on any atom is 0.243 e. The minimum atomic E-state index is -3.57. The van der Waals surface area contributed by atoms with Crippen molar-refractivity contribution in [1.82, 2.24) is 14.9 Å². The Kier molecular flexibility index (Phi) is 8.16. The van der Waals surface area contributed by atoms with Crippen molar-refractivity contribution in [3.05, 3.63) is 64.1 Å². The third kappa shape index (κ3) is 6.01. The lowest BCUT2D eigenvalue weighted by Gasteiger charge is -2.31. The second-order valence-electron chi connectivity index (χ2n) is 7.68. The second kappa shape index (κ2) is 10.7. The molecular formula is C22H25Cl2N3O4S. The Bertz CT molecular complexity index is 1070. The van der Waals surface area contributed by atoms with Crippen molar-refractivity contribution >= 4 is 45.0 Å². The Labute approximate surface area is 198 Å². The van der Waals surface area contributed by atoms with Gasteiger partial charge in [0.1, 0.15) is 6.04 Å². The number of hydrogen-bond acceptors (Lipinski definition) is 4. The van der Waals surface area contributed by atoms with Gasteiger partial charge < -0.3 is 10.6 Å². The number of rotatable bonds is 7. The van der Waals surface area contributed by atoms with Gasteiger partial charge in [-0.3, -0.25) is 9.59 Å². The third-order valence-electron chi connectivity index (χ3n) is 5.43. The molecule has 3 rings (SSSR count). The zero-order valence-electron chi connectivity index (χ0n) is 17.6. The maximum atomic E-state index is 12.7. The molecule has 0 radical (unpaired) electrons. The van der Waals surface area contributed by atoms with Gasteiger partial charge in [0.15, 0.2) is 0 Å². The quantitative estimate of drug-likeness (QED) is 0.613. The van der Waals surface area contributed by atoms with E-state index >= 15 is 0 Å². The standard InChI is InChI=1S/C22H25Cl2N3O4S/c1-15(21(28)25-14-17-7-8-18(23)13-20(17)24)26-22(29)16-9-11-27(12-10-16)32(30,31)19-5-3-2-4-6-19/h2-8,13,15-16H,9-12,14H2,1H3,(H,25,28)(H,26,29)/t15-/m0/s1. The highest BCUT2D eigenvalue weighted by atomic mass is 35.5. The van der Waals surface area contributed by atoms with E-state index in [0.29, 0.717) is 22.9 Å². The number of nitrogens with zero attached hydrogens (tertiary/aromatic N) is 1.